The molecule has 1 fully saturated rings. The molecule has 0 bridgehead atoms. The van der Waals surface area contributed by atoms with E-state index in [4.69, 9.17) is 0 Å². The summed E-state index contributed by atoms with van der Waals surface area (Å²) in [5.74, 6) is -0.170. The fraction of sp³-hybridized carbons (Fsp3) is 0.562. The lowest BCUT2D eigenvalue weighted by atomic mass is 10.1. The molecular weight excluding hydrogens is 266 g/mol. The molecular formula is C16H23N3O2. The molecule has 2 atom stereocenters. The number of aromatic nitrogens is 1. The number of hydrogen-bond donors (Lipinski definition) is 1. The van der Waals surface area contributed by atoms with E-state index in [0.717, 1.165) is 18.5 Å². The molecule has 1 aliphatic heterocycles. The van der Waals surface area contributed by atoms with E-state index in [1.807, 2.05) is 39.0 Å². The number of carbonyl (C=O) groups excluding carboxylic acids is 2. The van der Waals surface area contributed by atoms with Crippen LogP contribution in [0.4, 0.5) is 0 Å². The molecule has 5 heteroatoms. The van der Waals surface area contributed by atoms with Crippen LogP contribution in [0.15, 0.2) is 24.4 Å². The van der Waals surface area contributed by atoms with Gasteiger partial charge < -0.3 is 0 Å². The lowest BCUT2D eigenvalue weighted by Crippen LogP contribution is -2.44. The number of imide groups is 1. The van der Waals surface area contributed by atoms with Crippen molar-refractivity contribution in [2.75, 3.05) is 0 Å². The Balaban J connectivity index is 2.06. The van der Waals surface area contributed by atoms with Gasteiger partial charge in [0.2, 0.25) is 11.8 Å². The summed E-state index contributed by atoms with van der Waals surface area (Å²) in [7, 11) is 0. The molecule has 1 aromatic heterocycles. The summed E-state index contributed by atoms with van der Waals surface area (Å²) < 4.78 is 0. The Hall–Kier alpha value is -1.75. The van der Waals surface area contributed by atoms with Gasteiger partial charge in [-0.25, -0.2) is 0 Å². The van der Waals surface area contributed by atoms with Gasteiger partial charge in [0, 0.05) is 18.3 Å². The molecule has 2 unspecified atom stereocenters. The van der Waals surface area contributed by atoms with Crippen molar-refractivity contribution in [1.82, 2.24) is 15.2 Å². The van der Waals surface area contributed by atoms with Crippen LogP contribution < -0.4 is 5.32 Å². The highest BCUT2D eigenvalue weighted by Crippen LogP contribution is 2.22. The third kappa shape index (κ3) is 3.29. The molecule has 2 rings (SSSR count). The van der Waals surface area contributed by atoms with Crippen molar-refractivity contribution < 1.29 is 9.59 Å². The molecule has 1 aliphatic rings. The van der Waals surface area contributed by atoms with Gasteiger partial charge in [-0.15, -0.1) is 0 Å². The average molecular weight is 289 g/mol. The van der Waals surface area contributed by atoms with Crippen molar-refractivity contribution >= 4 is 11.8 Å². The van der Waals surface area contributed by atoms with Gasteiger partial charge in [0.15, 0.2) is 0 Å². The SMILES string of the molecule is CCC(CC)N1C(=O)CC(NC(C)c2ccccn2)C1=O. The van der Waals surface area contributed by atoms with Gasteiger partial charge in [-0.3, -0.25) is 24.8 Å². The van der Waals surface area contributed by atoms with Gasteiger partial charge in [-0.2, -0.15) is 0 Å². The zero-order chi connectivity index (χ0) is 15.4. The van der Waals surface area contributed by atoms with Crippen LogP contribution in [-0.4, -0.2) is 33.8 Å². The van der Waals surface area contributed by atoms with Crippen LogP contribution in [0.3, 0.4) is 0 Å². The second-order valence-electron chi connectivity index (χ2n) is 5.47. The summed E-state index contributed by atoms with van der Waals surface area (Å²) in [5.41, 5.74) is 0.874. The summed E-state index contributed by atoms with van der Waals surface area (Å²) in [4.78, 5) is 30.3. The first-order chi connectivity index (χ1) is 10.1. The summed E-state index contributed by atoms with van der Waals surface area (Å²) in [6, 6.07) is 5.21. The summed E-state index contributed by atoms with van der Waals surface area (Å²) in [6.45, 7) is 5.97. The number of hydrogen-bond acceptors (Lipinski definition) is 4. The van der Waals surface area contributed by atoms with Gasteiger partial charge >= 0.3 is 0 Å². The van der Waals surface area contributed by atoms with Crippen LogP contribution in [-0.2, 0) is 9.59 Å². The molecule has 1 aromatic rings. The summed E-state index contributed by atoms with van der Waals surface area (Å²) in [5, 5.41) is 3.23. The Labute approximate surface area is 125 Å². The van der Waals surface area contributed by atoms with E-state index < -0.39 is 6.04 Å². The average Bonchev–Trinajstić information content (AvgIpc) is 2.77. The third-order valence-corrected chi connectivity index (χ3v) is 4.07. The Morgan fingerprint density at radius 2 is 2.05 bits per heavy atom. The highest BCUT2D eigenvalue weighted by Gasteiger charge is 2.41. The molecule has 1 N–H and O–H groups in total. The second-order valence-corrected chi connectivity index (χ2v) is 5.47. The van der Waals surface area contributed by atoms with Crippen molar-refractivity contribution in [1.29, 1.82) is 0 Å². The van der Waals surface area contributed by atoms with Crippen LogP contribution in [0.5, 0.6) is 0 Å². The Morgan fingerprint density at radius 3 is 2.62 bits per heavy atom. The van der Waals surface area contributed by atoms with Crippen molar-refractivity contribution in [3.05, 3.63) is 30.1 Å². The molecule has 2 amide bonds. The largest absolute Gasteiger partial charge is 0.297 e. The van der Waals surface area contributed by atoms with Crippen LogP contribution in [0.2, 0.25) is 0 Å². The first-order valence-corrected chi connectivity index (χ1v) is 7.61. The number of amides is 2. The van der Waals surface area contributed by atoms with Crippen LogP contribution in [0, 0.1) is 0 Å². The minimum Gasteiger partial charge on any atom is -0.297 e. The predicted octanol–water partition coefficient (Wildman–Crippen LogP) is 2.05. The molecule has 21 heavy (non-hydrogen) atoms. The number of rotatable bonds is 6. The minimum absolute atomic E-state index is 0.0157. The molecule has 0 aliphatic carbocycles. The van der Waals surface area contributed by atoms with Gasteiger partial charge in [0.1, 0.15) is 0 Å². The van der Waals surface area contributed by atoms with Gasteiger partial charge in [-0.1, -0.05) is 19.9 Å². The van der Waals surface area contributed by atoms with Crippen LogP contribution in [0.1, 0.15) is 51.8 Å². The lowest BCUT2D eigenvalue weighted by Gasteiger charge is -2.25. The number of pyridine rings is 1. The molecule has 1 saturated heterocycles. The molecule has 0 aromatic carbocycles. The van der Waals surface area contributed by atoms with Crippen LogP contribution >= 0.6 is 0 Å². The fourth-order valence-corrected chi connectivity index (χ4v) is 2.84. The molecule has 114 valence electrons. The second kappa shape index (κ2) is 6.80. The summed E-state index contributed by atoms with van der Waals surface area (Å²) in [6.07, 6.45) is 3.57. The molecule has 2 heterocycles. The summed E-state index contributed by atoms with van der Waals surface area (Å²) >= 11 is 0. The zero-order valence-corrected chi connectivity index (χ0v) is 12.9. The number of carbonyl (C=O) groups is 2. The first kappa shape index (κ1) is 15.6. The normalized spacial score (nSPS) is 20.4. The monoisotopic (exact) mass is 289 g/mol. The maximum atomic E-state index is 12.5. The highest BCUT2D eigenvalue weighted by molar-refractivity contribution is 6.05. The third-order valence-electron chi connectivity index (χ3n) is 4.07. The Morgan fingerprint density at radius 1 is 1.33 bits per heavy atom. The molecule has 5 nitrogen and oxygen atoms in total. The van der Waals surface area contributed by atoms with Crippen LogP contribution in [0.25, 0.3) is 0 Å². The fourth-order valence-electron chi connectivity index (χ4n) is 2.84. The van der Waals surface area contributed by atoms with Crippen molar-refractivity contribution in [2.24, 2.45) is 0 Å². The van der Waals surface area contributed by atoms with Gasteiger partial charge in [0.05, 0.1) is 18.2 Å². The standard InChI is InChI=1S/C16H23N3O2/c1-4-12(5-2)19-15(20)10-14(16(19)21)18-11(3)13-8-6-7-9-17-13/h6-9,11-12,14,18H,4-5,10H2,1-3H3. The maximum absolute atomic E-state index is 12.5. The molecule has 0 radical (unpaired) electrons. The van der Waals surface area contributed by atoms with Gasteiger partial charge in [0.25, 0.3) is 0 Å². The van der Waals surface area contributed by atoms with E-state index in [-0.39, 0.29) is 30.3 Å². The molecule has 0 spiro atoms. The highest BCUT2D eigenvalue weighted by atomic mass is 16.2. The number of likely N-dealkylation sites (tertiary alicyclic amines) is 1. The first-order valence-electron chi connectivity index (χ1n) is 7.61. The minimum atomic E-state index is -0.435. The van der Waals surface area contributed by atoms with Crippen molar-refractivity contribution in [3.63, 3.8) is 0 Å². The Kier molecular flexibility index (Phi) is 5.07. The van der Waals surface area contributed by atoms with E-state index in [0.29, 0.717) is 0 Å². The van der Waals surface area contributed by atoms with E-state index >= 15 is 0 Å². The predicted molar refractivity (Wildman–Crippen MR) is 80.4 cm³/mol. The molecule has 0 saturated carbocycles. The van der Waals surface area contributed by atoms with E-state index in [1.54, 1.807) is 6.20 Å². The maximum Gasteiger partial charge on any atom is 0.247 e. The van der Waals surface area contributed by atoms with Crippen molar-refractivity contribution in [3.8, 4) is 0 Å². The number of nitrogens with zero attached hydrogens (tertiary/aromatic N) is 2. The zero-order valence-electron chi connectivity index (χ0n) is 12.9. The van der Waals surface area contributed by atoms with Crippen molar-refractivity contribution in [2.45, 2.75) is 58.2 Å². The van der Waals surface area contributed by atoms with E-state index in [2.05, 4.69) is 10.3 Å². The van der Waals surface area contributed by atoms with Gasteiger partial charge in [-0.05, 0) is 31.9 Å². The Bertz CT molecular complexity index is 500. The quantitative estimate of drug-likeness (QED) is 0.814. The van der Waals surface area contributed by atoms with E-state index in [9.17, 15) is 9.59 Å². The smallest absolute Gasteiger partial charge is 0.247 e. The topological polar surface area (TPSA) is 62.3 Å². The lowest BCUT2D eigenvalue weighted by molar-refractivity contribution is -0.141. The van der Waals surface area contributed by atoms with E-state index in [1.165, 1.54) is 4.90 Å². The number of nitrogens with one attached hydrogen (secondary N) is 1.